The molecular weight excluding hydrogens is 334 g/mol. The molecule has 134 valence electrons. The molecule has 1 fully saturated rings. The predicted molar refractivity (Wildman–Crippen MR) is 99.9 cm³/mol. The third-order valence-electron chi connectivity index (χ3n) is 4.64. The topological polar surface area (TPSA) is 46.6 Å². The predicted octanol–water partition coefficient (Wildman–Crippen LogP) is 3.41. The molecule has 0 bridgehead atoms. The van der Waals surface area contributed by atoms with Gasteiger partial charge in [0, 0.05) is 6.54 Å². The van der Waals surface area contributed by atoms with Crippen molar-refractivity contribution < 1.29 is 13.2 Å². The summed E-state index contributed by atoms with van der Waals surface area (Å²) in [4.78, 5) is 0. The Morgan fingerprint density at radius 1 is 1.04 bits per heavy atom. The van der Waals surface area contributed by atoms with Crippen molar-refractivity contribution in [3.8, 4) is 0 Å². The maximum atomic E-state index is 13.0. The Labute approximate surface area is 150 Å². The van der Waals surface area contributed by atoms with Crippen LogP contribution in [-0.4, -0.2) is 37.2 Å². The van der Waals surface area contributed by atoms with E-state index in [4.69, 9.17) is 4.74 Å². The maximum absolute atomic E-state index is 13.0. The van der Waals surface area contributed by atoms with E-state index in [0.29, 0.717) is 19.6 Å². The summed E-state index contributed by atoms with van der Waals surface area (Å²) >= 11 is 0. The third-order valence-corrected chi connectivity index (χ3v) is 6.68. The second kappa shape index (κ2) is 7.28. The molecule has 4 nitrogen and oxygen atoms in total. The van der Waals surface area contributed by atoms with Gasteiger partial charge in [-0.1, -0.05) is 60.7 Å². The van der Waals surface area contributed by atoms with Crippen LogP contribution < -0.4 is 0 Å². The van der Waals surface area contributed by atoms with Gasteiger partial charge in [-0.25, -0.2) is 8.42 Å². The molecule has 0 spiro atoms. The van der Waals surface area contributed by atoms with Crippen molar-refractivity contribution in [1.82, 2.24) is 4.31 Å². The van der Waals surface area contributed by atoms with Crippen molar-refractivity contribution in [1.29, 1.82) is 0 Å². The normalized spacial score (nSPS) is 21.1. The number of morpholine rings is 1. The fourth-order valence-electron chi connectivity index (χ4n) is 3.19. The van der Waals surface area contributed by atoms with Crippen LogP contribution in [0.3, 0.4) is 0 Å². The zero-order valence-electron chi connectivity index (χ0n) is 14.8. The van der Waals surface area contributed by atoms with Gasteiger partial charge >= 0.3 is 0 Å². The van der Waals surface area contributed by atoms with Crippen molar-refractivity contribution in [2.45, 2.75) is 31.9 Å². The average molecular weight is 359 g/mol. The van der Waals surface area contributed by atoms with Gasteiger partial charge in [0.25, 0.3) is 0 Å². The molecule has 5 heteroatoms. The van der Waals surface area contributed by atoms with E-state index in [1.54, 1.807) is 4.31 Å². The van der Waals surface area contributed by atoms with Gasteiger partial charge in [0.2, 0.25) is 10.0 Å². The Bertz CT molecular complexity index is 788. The fourth-order valence-corrected chi connectivity index (χ4v) is 5.07. The minimum absolute atomic E-state index is 0.113. The minimum atomic E-state index is -3.38. The Morgan fingerprint density at radius 3 is 2.28 bits per heavy atom. The number of benzene rings is 2. The second-order valence-corrected chi connectivity index (χ2v) is 9.12. The van der Waals surface area contributed by atoms with E-state index in [-0.39, 0.29) is 11.9 Å². The van der Waals surface area contributed by atoms with E-state index < -0.39 is 15.6 Å². The summed E-state index contributed by atoms with van der Waals surface area (Å²) in [5.74, 6) is 0.113. The van der Waals surface area contributed by atoms with Gasteiger partial charge in [0.05, 0.1) is 24.0 Å². The first-order valence-electron chi connectivity index (χ1n) is 8.59. The molecule has 2 aromatic carbocycles. The zero-order chi connectivity index (χ0) is 17.9. The number of hydrogen-bond donors (Lipinski definition) is 0. The highest BCUT2D eigenvalue weighted by Crippen LogP contribution is 2.32. The lowest BCUT2D eigenvalue weighted by Gasteiger charge is -2.44. The number of nitrogens with zero attached hydrogens (tertiary/aromatic N) is 1. The lowest BCUT2D eigenvalue weighted by Crippen LogP contribution is -2.56. The zero-order valence-corrected chi connectivity index (χ0v) is 15.6. The number of rotatable bonds is 5. The van der Waals surface area contributed by atoms with Crippen LogP contribution in [0.5, 0.6) is 0 Å². The number of ether oxygens (including phenoxy) is 1. The highest BCUT2D eigenvalue weighted by Gasteiger charge is 2.42. The fraction of sp³-hybridized carbons (Fsp3) is 0.400. The number of sulfonamides is 1. The Hall–Kier alpha value is -1.69. The molecule has 1 unspecified atom stereocenters. The van der Waals surface area contributed by atoms with Gasteiger partial charge < -0.3 is 4.74 Å². The van der Waals surface area contributed by atoms with Crippen molar-refractivity contribution in [3.63, 3.8) is 0 Å². The van der Waals surface area contributed by atoms with Crippen LogP contribution in [0.25, 0.3) is 0 Å². The van der Waals surface area contributed by atoms with Crippen LogP contribution in [0.2, 0.25) is 0 Å². The van der Waals surface area contributed by atoms with E-state index in [0.717, 1.165) is 11.1 Å². The van der Waals surface area contributed by atoms with Gasteiger partial charge in [0.1, 0.15) is 0 Å². The first-order valence-corrected chi connectivity index (χ1v) is 10.2. The number of aryl methyl sites for hydroxylation is 1. The molecule has 0 N–H and O–H groups in total. The molecule has 1 saturated heterocycles. The van der Waals surface area contributed by atoms with Crippen molar-refractivity contribution in [2.24, 2.45) is 0 Å². The molecule has 0 aromatic heterocycles. The summed E-state index contributed by atoms with van der Waals surface area (Å²) in [7, 11) is -3.38. The summed E-state index contributed by atoms with van der Waals surface area (Å²) in [6, 6.07) is 19.6. The highest BCUT2D eigenvalue weighted by molar-refractivity contribution is 7.89. The number of hydrogen-bond acceptors (Lipinski definition) is 3. The van der Waals surface area contributed by atoms with Gasteiger partial charge in [-0.2, -0.15) is 4.31 Å². The highest BCUT2D eigenvalue weighted by atomic mass is 32.2. The summed E-state index contributed by atoms with van der Waals surface area (Å²) < 4.78 is 33.6. The molecule has 1 aliphatic rings. The summed E-state index contributed by atoms with van der Waals surface area (Å²) in [6.45, 7) is 4.59. The smallest absolute Gasteiger partial charge is 0.215 e. The Kier molecular flexibility index (Phi) is 5.27. The summed E-state index contributed by atoms with van der Waals surface area (Å²) in [5.41, 5.74) is 1.51. The first kappa shape index (κ1) is 18.1. The molecule has 3 rings (SSSR count). The lowest BCUT2D eigenvalue weighted by molar-refractivity contribution is -0.0654. The first-order chi connectivity index (χ1) is 11.9. The molecule has 0 aliphatic carbocycles. The maximum Gasteiger partial charge on any atom is 0.215 e. The Morgan fingerprint density at radius 2 is 1.64 bits per heavy atom. The molecule has 1 heterocycles. The van der Waals surface area contributed by atoms with Gasteiger partial charge in [-0.05, 0) is 31.4 Å². The summed E-state index contributed by atoms with van der Waals surface area (Å²) in [5, 5.41) is 0. The molecule has 0 saturated carbocycles. The van der Waals surface area contributed by atoms with Gasteiger partial charge in [0.15, 0.2) is 0 Å². The van der Waals surface area contributed by atoms with Gasteiger partial charge in [-0.3, -0.25) is 0 Å². The van der Waals surface area contributed by atoms with Crippen LogP contribution >= 0.6 is 0 Å². The van der Waals surface area contributed by atoms with Gasteiger partial charge in [-0.15, -0.1) is 0 Å². The van der Waals surface area contributed by atoms with Crippen LogP contribution in [0.1, 0.15) is 31.1 Å². The van der Waals surface area contributed by atoms with Crippen molar-refractivity contribution in [2.75, 3.05) is 18.9 Å². The van der Waals surface area contributed by atoms with E-state index in [9.17, 15) is 8.42 Å². The molecule has 25 heavy (non-hydrogen) atoms. The van der Waals surface area contributed by atoms with E-state index in [1.165, 1.54) is 0 Å². The monoisotopic (exact) mass is 359 g/mol. The van der Waals surface area contributed by atoms with E-state index in [2.05, 4.69) is 0 Å². The third kappa shape index (κ3) is 4.29. The van der Waals surface area contributed by atoms with E-state index >= 15 is 0 Å². The van der Waals surface area contributed by atoms with Crippen LogP contribution in [0.4, 0.5) is 0 Å². The molecule has 2 aromatic rings. The second-order valence-electron chi connectivity index (χ2n) is 7.11. The van der Waals surface area contributed by atoms with Crippen molar-refractivity contribution in [3.05, 3.63) is 71.8 Å². The summed E-state index contributed by atoms with van der Waals surface area (Å²) in [6.07, 6.45) is 0.299. The quantitative estimate of drug-likeness (QED) is 0.822. The largest absolute Gasteiger partial charge is 0.370 e. The van der Waals surface area contributed by atoms with E-state index in [1.807, 2.05) is 74.5 Å². The standard InChI is InChI=1S/C20H25NO3S/c1-20(2)16-24-19(18-11-7-4-8-12-18)15-21(20)25(22,23)14-13-17-9-5-3-6-10-17/h3-12,19H,13-16H2,1-2H3. The lowest BCUT2D eigenvalue weighted by atomic mass is 10.0. The van der Waals surface area contributed by atoms with Crippen molar-refractivity contribution >= 4 is 10.0 Å². The molecular formula is C20H25NO3S. The van der Waals surface area contributed by atoms with Crippen LogP contribution in [0, 0.1) is 0 Å². The van der Waals surface area contributed by atoms with Crippen LogP contribution in [0.15, 0.2) is 60.7 Å². The average Bonchev–Trinajstić information content (AvgIpc) is 2.61. The SMILES string of the molecule is CC1(C)COC(c2ccccc2)CN1S(=O)(=O)CCc1ccccc1. The molecule has 0 radical (unpaired) electrons. The molecule has 0 amide bonds. The molecule has 1 aliphatic heterocycles. The molecule has 1 atom stereocenters. The van der Waals surface area contributed by atoms with Crippen LogP contribution in [-0.2, 0) is 21.2 Å². The minimum Gasteiger partial charge on any atom is -0.370 e. The Balaban J connectivity index is 1.76.